The Morgan fingerprint density at radius 3 is 2.63 bits per heavy atom. The molecule has 1 aliphatic rings. The van der Waals surface area contributed by atoms with Gasteiger partial charge in [-0.1, -0.05) is 19.0 Å². The second kappa shape index (κ2) is 13.3. The molecule has 0 saturated carbocycles. The van der Waals surface area contributed by atoms with Crippen LogP contribution in [0.3, 0.4) is 0 Å². The van der Waals surface area contributed by atoms with Gasteiger partial charge in [-0.05, 0) is 55.7 Å². The van der Waals surface area contributed by atoms with Gasteiger partial charge < -0.3 is 20.1 Å². The highest BCUT2D eigenvalue weighted by atomic mass is 19.1. The van der Waals surface area contributed by atoms with E-state index in [9.17, 15) is 13.6 Å². The predicted molar refractivity (Wildman–Crippen MR) is 141 cm³/mol. The Labute approximate surface area is 221 Å². The van der Waals surface area contributed by atoms with Crippen molar-refractivity contribution < 1.29 is 18.1 Å². The Balaban J connectivity index is 1.17. The number of hydrogen-bond donors (Lipinski definition) is 2. The summed E-state index contributed by atoms with van der Waals surface area (Å²) in [4.78, 5) is 27.5. The van der Waals surface area contributed by atoms with Crippen LogP contribution in [0, 0.1) is 17.7 Å². The highest BCUT2D eigenvalue weighted by Gasteiger charge is 2.21. The monoisotopic (exact) mass is 527 g/mol. The molecule has 204 valence electrons. The number of benzene rings is 1. The molecule has 0 radical (unpaired) electrons. The highest BCUT2D eigenvalue weighted by molar-refractivity contribution is 5.94. The first kappa shape index (κ1) is 27.4. The number of nitrogens with one attached hydrogen (secondary N) is 2. The van der Waals surface area contributed by atoms with Crippen molar-refractivity contribution in [2.75, 3.05) is 43.1 Å². The zero-order valence-electron chi connectivity index (χ0n) is 21.9. The Kier molecular flexibility index (Phi) is 9.56. The van der Waals surface area contributed by atoms with E-state index in [2.05, 4.69) is 49.5 Å². The largest absolute Gasteiger partial charge is 0.385 e. The van der Waals surface area contributed by atoms with Crippen LogP contribution in [0.15, 0.2) is 35.1 Å². The van der Waals surface area contributed by atoms with Crippen LogP contribution in [0.1, 0.15) is 55.8 Å². The molecule has 0 aliphatic carbocycles. The molecule has 0 bridgehead atoms. The van der Waals surface area contributed by atoms with Gasteiger partial charge in [0.1, 0.15) is 12.5 Å². The highest BCUT2D eigenvalue weighted by Crippen LogP contribution is 2.25. The van der Waals surface area contributed by atoms with Crippen molar-refractivity contribution in [3.05, 3.63) is 47.9 Å². The molecule has 0 spiro atoms. The molecule has 0 atom stereocenters. The Morgan fingerprint density at radius 2 is 1.95 bits per heavy atom. The standard InChI is InChI=1S/C27H35F2N7O2/c1-18(2)14-24-34-25(35-38-24)20-16-32-27(33-17-20)36-12-7-19(8-13-36)4-3-10-30-21-5-6-22(23(29)15-21)26(37)31-11-9-28/h5-6,15-19,30H,3-4,7-14H2,1-2H3,(H,31,37). The number of carbonyl (C=O) groups is 1. The van der Waals surface area contributed by atoms with Gasteiger partial charge in [0.25, 0.3) is 5.91 Å². The fraction of sp³-hybridized carbons (Fsp3) is 0.519. The number of alkyl halides is 1. The average Bonchev–Trinajstić information content (AvgIpc) is 3.38. The molecule has 1 amide bonds. The van der Waals surface area contributed by atoms with Crippen molar-refractivity contribution in [2.45, 2.75) is 46.0 Å². The van der Waals surface area contributed by atoms with Crippen molar-refractivity contribution in [2.24, 2.45) is 11.8 Å². The van der Waals surface area contributed by atoms with Crippen molar-refractivity contribution in [3.8, 4) is 11.4 Å². The van der Waals surface area contributed by atoms with Gasteiger partial charge in [0.15, 0.2) is 0 Å². The number of nitrogens with zero attached hydrogens (tertiary/aromatic N) is 5. The van der Waals surface area contributed by atoms with E-state index in [0.29, 0.717) is 41.7 Å². The molecular formula is C27H35F2N7O2. The molecule has 1 aromatic carbocycles. The minimum atomic E-state index is -0.686. The fourth-order valence-corrected chi connectivity index (χ4v) is 4.51. The summed E-state index contributed by atoms with van der Waals surface area (Å²) in [7, 11) is 0. The van der Waals surface area contributed by atoms with E-state index in [4.69, 9.17) is 4.52 Å². The molecule has 4 rings (SSSR count). The summed E-state index contributed by atoms with van der Waals surface area (Å²) in [6, 6.07) is 4.39. The lowest BCUT2D eigenvalue weighted by Crippen LogP contribution is -2.34. The molecule has 0 unspecified atom stereocenters. The SMILES string of the molecule is CC(C)Cc1nc(-c2cnc(N3CCC(CCCNc4ccc(C(=O)NCCF)c(F)c4)CC3)nc2)no1. The van der Waals surface area contributed by atoms with Crippen LogP contribution in [-0.4, -0.2) is 58.9 Å². The molecule has 38 heavy (non-hydrogen) atoms. The lowest BCUT2D eigenvalue weighted by molar-refractivity contribution is 0.0947. The molecule has 2 aromatic heterocycles. The van der Waals surface area contributed by atoms with E-state index in [1.54, 1.807) is 18.5 Å². The fourth-order valence-electron chi connectivity index (χ4n) is 4.51. The molecular weight excluding hydrogens is 492 g/mol. The molecule has 9 nitrogen and oxygen atoms in total. The second-order valence-electron chi connectivity index (χ2n) is 10.0. The van der Waals surface area contributed by atoms with Gasteiger partial charge in [-0.3, -0.25) is 4.79 Å². The van der Waals surface area contributed by atoms with Crippen LogP contribution in [0.2, 0.25) is 0 Å². The topological polar surface area (TPSA) is 109 Å². The number of rotatable bonds is 12. The maximum absolute atomic E-state index is 14.2. The molecule has 3 aromatic rings. The normalized spacial score (nSPS) is 14.2. The quantitative estimate of drug-likeness (QED) is 0.327. The van der Waals surface area contributed by atoms with Crippen LogP contribution >= 0.6 is 0 Å². The number of halogens is 2. The van der Waals surface area contributed by atoms with Gasteiger partial charge in [0.05, 0.1) is 11.1 Å². The maximum Gasteiger partial charge on any atom is 0.254 e. The van der Waals surface area contributed by atoms with Gasteiger partial charge in [0.2, 0.25) is 17.7 Å². The molecule has 1 aliphatic heterocycles. The van der Waals surface area contributed by atoms with Crippen molar-refractivity contribution in [1.29, 1.82) is 0 Å². The van der Waals surface area contributed by atoms with Crippen molar-refractivity contribution in [3.63, 3.8) is 0 Å². The zero-order chi connectivity index (χ0) is 26.9. The summed E-state index contributed by atoms with van der Waals surface area (Å²) < 4.78 is 31.7. The lowest BCUT2D eigenvalue weighted by atomic mass is 9.92. The third kappa shape index (κ3) is 7.45. The molecule has 1 fully saturated rings. The Morgan fingerprint density at radius 1 is 1.18 bits per heavy atom. The minimum Gasteiger partial charge on any atom is -0.385 e. The van der Waals surface area contributed by atoms with Crippen LogP contribution in [-0.2, 0) is 6.42 Å². The average molecular weight is 528 g/mol. The van der Waals surface area contributed by atoms with Crippen LogP contribution in [0.4, 0.5) is 20.4 Å². The van der Waals surface area contributed by atoms with E-state index in [1.807, 2.05) is 0 Å². The first-order chi connectivity index (χ1) is 18.4. The first-order valence-electron chi connectivity index (χ1n) is 13.2. The van der Waals surface area contributed by atoms with Gasteiger partial charge in [-0.15, -0.1) is 0 Å². The van der Waals surface area contributed by atoms with Gasteiger partial charge >= 0.3 is 0 Å². The summed E-state index contributed by atoms with van der Waals surface area (Å²) in [6.07, 6.45) is 8.39. The zero-order valence-corrected chi connectivity index (χ0v) is 21.9. The Bertz CT molecular complexity index is 1180. The lowest BCUT2D eigenvalue weighted by Gasteiger charge is -2.32. The number of carbonyl (C=O) groups excluding carboxylic acids is 1. The van der Waals surface area contributed by atoms with E-state index in [-0.39, 0.29) is 12.1 Å². The van der Waals surface area contributed by atoms with Crippen molar-refractivity contribution in [1.82, 2.24) is 25.4 Å². The maximum atomic E-state index is 14.2. The van der Waals surface area contributed by atoms with Crippen molar-refractivity contribution >= 4 is 17.5 Å². The van der Waals surface area contributed by atoms with E-state index >= 15 is 0 Å². The number of piperidine rings is 1. The second-order valence-corrected chi connectivity index (χ2v) is 10.0. The minimum absolute atomic E-state index is 0.0834. The summed E-state index contributed by atoms with van der Waals surface area (Å²) >= 11 is 0. The summed E-state index contributed by atoms with van der Waals surface area (Å²) in [6.45, 7) is 5.91. The van der Waals surface area contributed by atoms with Crippen LogP contribution < -0.4 is 15.5 Å². The Hall–Kier alpha value is -3.63. The first-order valence-corrected chi connectivity index (χ1v) is 13.2. The number of aromatic nitrogens is 4. The molecule has 2 N–H and O–H groups in total. The van der Waals surface area contributed by atoms with E-state index in [1.165, 1.54) is 12.1 Å². The molecule has 3 heterocycles. The number of amides is 1. The summed E-state index contributed by atoms with van der Waals surface area (Å²) in [5, 5.41) is 9.59. The van der Waals surface area contributed by atoms with Gasteiger partial charge in [-0.2, -0.15) is 4.98 Å². The third-order valence-corrected chi connectivity index (χ3v) is 6.56. The number of hydrogen-bond acceptors (Lipinski definition) is 8. The smallest absolute Gasteiger partial charge is 0.254 e. The summed E-state index contributed by atoms with van der Waals surface area (Å²) in [5.41, 5.74) is 1.28. The van der Waals surface area contributed by atoms with Gasteiger partial charge in [-0.25, -0.2) is 18.7 Å². The van der Waals surface area contributed by atoms with E-state index in [0.717, 1.165) is 50.8 Å². The van der Waals surface area contributed by atoms with Gasteiger partial charge in [0, 0.05) is 50.7 Å². The van der Waals surface area contributed by atoms with Crippen LogP contribution in [0.25, 0.3) is 11.4 Å². The molecule has 1 saturated heterocycles. The van der Waals surface area contributed by atoms with E-state index < -0.39 is 18.4 Å². The summed E-state index contributed by atoms with van der Waals surface area (Å²) in [5.74, 6) is 1.67. The van der Waals surface area contributed by atoms with Crippen LogP contribution in [0.5, 0.6) is 0 Å². The predicted octanol–water partition coefficient (Wildman–Crippen LogP) is 4.67. The number of anilines is 2. The third-order valence-electron chi connectivity index (χ3n) is 6.56. The molecule has 11 heteroatoms.